The van der Waals surface area contributed by atoms with E-state index in [-0.39, 0.29) is 17.9 Å². The molecule has 0 aromatic heterocycles. The van der Waals surface area contributed by atoms with Crippen molar-refractivity contribution in [1.29, 1.82) is 0 Å². The van der Waals surface area contributed by atoms with Gasteiger partial charge in [0.25, 0.3) is 0 Å². The number of piperidine rings is 3. The lowest BCUT2D eigenvalue weighted by atomic mass is 9.69. The Hall–Kier alpha value is -2.32. The number of anilines is 1. The molecule has 0 radical (unpaired) electrons. The first-order valence-electron chi connectivity index (χ1n) is 14.3. The molecule has 0 aliphatic carbocycles. The van der Waals surface area contributed by atoms with Crippen molar-refractivity contribution in [3.05, 3.63) is 24.3 Å². The number of rotatable bonds is 8. The Morgan fingerprint density at radius 3 is 2.49 bits per heavy atom. The maximum absolute atomic E-state index is 13.9. The maximum atomic E-state index is 13.9. The van der Waals surface area contributed by atoms with Crippen LogP contribution in [0.2, 0.25) is 0 Å². The van der Waals surface area contributed by atoms with E-state index in [0.717, 1.165) is 57.0 Å². The zero-order chi connectivity index (χ0) is 25.8. The smallest absolute Gasteiger partial charge is 0.305 e. The number of esters is 1. The maximum Gasteiger partial charge on any atom is 0.305 e. The van der Waals surface area contributed by atoms with Gasteiger partial charge in [0.1, 0.15) is 5.75 Å². The van der Waals surface area contributed by atoms with Gasteiger partial charge in [0.2, 0.25) is 5.91 Å². The number of methoxy groups -OCH3 is 2. The fourth-order valence-corrected chi connectivity index (χ4v) is 7.53. The number of hydrogen-bond acceptors (Lipinski definition) is 7. The van der Waals surface area contributed by atoms with Gasteiger partial charge in [0.05, 0.1) is 26.5 Å². The number of ether oxygens (including phenoxy) is 2. The molecular weight excluding hydrogens is 468 g/mol. The number of carbonyl (C=O) groups is 2. The summed E-state index contributed by atoms with van der Waals surface area (Å²) in [6.45, 7) is 7.29. The van der Waals surface area contributed by atoms with Crippen LogP contribution >= 0.6 is 0 Å². The van der Waals surface area contributed by atoms with Gasteiger partial charge in [-0.2, -0.15) is 0 Å². The minimum Gasteiger partial charge on any atom is -0.495 e. The van der Waals surface area contributed by atoms with Gasteiger partial charge >= 0.3 is 5.97 Å². The first kappa shape index (κ1) is 26.3. The highest BCUT2D eigenvalue weighted by Gasteiger charge is 2.49. The van der Waals surface area contributed by atoms with Gasteiger partial charge < -0.3 is 19.3 Å². The molecule has 0 saturated carbocycles. The summed E-state index contributed by atoms with van der Waals surface area (Å²) in [6.07, 6.45) is 7.00. The number of para-hydroxylation sites is 2. The van der Waals surface area contributed by atoms with Gasteiger partial charge in [-0.1, -0.05) is 12.1 Å². The summed E-state index contributed by atoms with van der Waals surface area (Å²) in [7, 11) is 3.18. The highest BCUT2D eigenvalue weighted by atomic mass is 16.5. The monoisotopic (exact) mass is 512 g/mol. The van der Waals surface area contributed by atoms with Crippen LogP contribution in [0.3, 0.4) is 0 Å². The van der Waals surface area contributed by atoms with E-state index in [1.165, 1.54) is 45.9 Å². The van der Waals surface area contributed by atoms with E-state index in [1.807, 2.05) is 12.1 Å². The second-order valence-electron chi connectivity index (χ2n) is 11.3. The van der Waals surface area contributed by atoms with Crippen molar-refractivity contribution >= 4 is 17.6 Å². The summed E-state index contributed by atoms with van der Waals surface area (Å²) in [5.41, 5.74) is 1.13. The van der Waals surface area contributed by atoms with Gasteiger partial charge in [0.15, 0.2) is 0 Å². The average Bonchev–Trinajstić information content (AvgIpc) is 2.94. The van der Waals surface area contributed by atoms with E-state index < -0.39 is 0 Å². The normalized spacial score (nSPS) is 28.5. The topological polar surface area (TPSA) is 65.6 Å². The molecule has 1 aromatic rings. The molecule has 4 fully saturated rings. The zero-order valence-corrected chi connectivity index (χ0v) is 22.6. The predicted octanol–water partition coefficient (Wildman–Crippen LogP) is 2.86. The molecule has 4 aliphatic heterocycles. The quantitative estimate of drug-likeness (QED) is 0.496. The van der Waals surface area contributed by atoms with Crippen molar-refractivity contribution in [1.82, 2.24) is 14.7 Å². The number of likely N-dealkylation sites (tertiary alicyclic amines) is 1. The van der Waals surface area contributed by atoms with Crippen LogP contribution in [0, 0.1) is 11.8 Å². The summed E-state index contributed by atoms with van der Waals surface area (Å²) in [5.74, 6) is 2.13. The molecule has 204 valence electrons. The Labute approximate surface area is 221 Å². The van der Waals surface area contributed by atoms with Crippen molar-refractivity contribution in [2.75, 3.05) is 71.5 Å². The van der Waals surface area contributed by atoms with E-state index in [0.29, 0.717) is 30.8 Å². The van der Waals surface area contributed by atoms with Crippen molar-refractivity contribution in [3.8, 4) is 5.75 Å². The van der Waals surface area contributed by atoms with Crippen LogP contribution in [0.1, 0.15) is 44.9 Å². The molecular formula is C29H44N4O4. The molecule has 1 amide bonds. The summed E-state index contributed by atoms with van der Waals surface area (Å²) in [4.78, 5) is 35.3. The average molecular weight is 513 g/mol. The first-order chi connectivity index (χ1) is 18.1. The van der Waals surface area contributed by atoms with Gasteiger partial charge in [-0.3, -0.25) is 19.4 Å². The fraction of sp³-hybridized carbons (Fsp3) is 0.724. The van der Waals surface area contributed by atoms with Crippen LogP contribution in [0.4, 0.5) is 5.69 Å². The van der Waals surface area contributed by atoms with Gasteiger partial charge in [-0.25, -0.2) is 0 Å². The standard InChI is InChI=1S/C29H44N4O4/c1-36-26-12-4-3-10-25(26)31-18-16-30(17-19-31)21-27(34)33-20-22-8-6-14-32-15-7-9-23(29(22)32)24(33)11-5-13-28(35)37-2/h3-4,10,12,22-24,29H,5-9,11,13-21H2,1-2H3. The molecule has 8 heteroatoms. The SMILES string of the molecule is COC(=O)CCCC1C2CCCN3CCCC(CN1C(=O)CN1CCN(c4ccccc4OC)CC1)C23. The van der Waals surface area contributed by atoms with E-state index in [9.17, 15) is 9.59 Å². The fourth-order valence-electron chi connectivity index (χ4n) is 7.53. The van der Waals surface area contributed by atoms with Gasteiger partial charge in [-0.15, -0.1) is 0 Å². The van der Waals surface area contributed by atoms with Crippen LogP contribution in [0.15, 0.2) is 24.3 Å². The second kappa shape index (κ2) is 12.0. The summed E-state index contributed by atoms with van der Waals surface area (Å²) in [6, 6.07) is 9.01. The van der Waals surface area contributed by atoms with Crippen molar-refractivity contribution in [3.63, 3.8) is 0 Å². The van der Waals surface area contributed by atoms with Crippen LogP contribution in [-0.4, -0.2) is 105 Å². The molecule has 37 heavy (non-hydrogen) atoms. The van der Waals surface area contributed by atoms with Crippen LogP contribution < -0.4 is 9.64 Å². The molecule has 1 aromatic carbocycles. The molecule has 4 aliphatic rings. The van der Waals surface area contributed by atoms with Crippen molar-refractivity contribution in [2.24, 2.45) is 11.8 Å². The Balaban J connectivity index is 1.24. The number of hydrogen-bond donors (Lipinski definition) is 0. The molecule has 0 bridgehead atoms. The molecule has 0 N–H and O–H groups in total. The molecule has 4 atom stereocenters. The third-order valence-corrected chi connectivity index (χ3v) is 9.26. The molecule has 4 unspecified atom stereocenters. The van der Waals surface area contributed by atoms with Gasteiger partial charge in [0, 0.05) is 51.2 Å². The molecule has 4 heterocycles. The van der Waals surface area contributed by atoms with Gasteiger partial charge in [-0.05, 0) is 75.6 Å². The Bertz CT molecular complexity index is 932. The number of carbonyl (C=O) groups excluding carboxylic acids is 2. The zero-order valence-electron chi connectivity index (χ0n) is 22.6. The Kier molecular flexibility index (Phi) is 8.55. The number of amides is 1. The lowest BCUT2D eigenvalue weighted by Gasteiger charge is -2.57. The number of benzene rings is 1. The molecule has 8 nitrogen and oxygen atoms in total. The lowest BCUT2D eigenvalue weighted by Crippen LogP contribution is -2.66. The van der Waals surface area contributed by atoms with E-state index in [1.54, 1.807) is 7.11 Å². The van der Waals surface area contributed by atoms with E-state index >= 15 is 0 Å². The third kappa shape index (κ3) is 5.75. The Morgan fingerprint density at radius 2 is 1.73 bits per heavy atom. The first-order valence-corrected chi connectivity index (χ1v) is 14.3. The highest BCUT2D eigenvalue weighted by molar-refractivity contribution is 5.79. The van der Waals surface area contributed by atoms with E-state index in [4.69, 9.17) is 9.47 Å². The second-order valence-corrected chi connectivity index (χ2v) is 11.3. The minimum absolute atomic E-state index is 0.151. The van der Waals surface area contributed by atoms with Crippen LogP contribution in [0.5, 0.6) is 5.75 Å². The molecule has 5 rings (SSSR count). The predicted molar refractivity (Wildman–Crippen MR) is 144 cm³/mol. The third-order valence-electron chi connectivity index (χ3n) is 9.26. The van der Waals surface area contributed by atoms with Crippen LogP contribution in [0.25, 0.3) is 0 Å². The summed E-state index contributed by atoms with van der Waals surface area (Å²) in [5, 5.41) is 0. The van der Waals surface area contributed by atoms with Crippen molar-refractivity contribution < 1.29 is 19.1 Å². The number of piperazine rings is 1. The van der Waals surface area contributed by atoms with Crippen LogP contribution in [-0.2, 0) is 14.3 Å². The number of nitrogens with zero attached hydrogens (tertiary/aromatic N) is 4. The molecule has 0 spiro atoms. The van der Waals surface area contributed by atoms with Crippen molar-refractivity contribution in [2.45, 2.75) is 57.0 Å². The highest BCUT2D eigenvalue weighted by Crippen LogP contribution is 2.43. The lowest BCUT2D eigenvalue weighted by molar-refractivity contribution is -0.148. The largest absolute Gasteiger partial charge is 0.495 e. The minimum atomic E-state index is -0.151. The summed E-state index contributed by atoms with van der Waals surface area (Å²) < 4.78 is 10.5. The molecule has 4 saturated heterocycles. The Morgan fingerprint density at radius 1 is 0.973 bits per heavy atom. The summed E-state index contributed by atoms with van der Waals surface area (Å²) >= 11 is 0. The van der Waals surface area contributed by atoms with E-state index in [2.05, 4.69) is 31.7 Å².